The van der Waals surface area contributed by atoms with Gasteiger partial charge in [-0.05, 0) is 23.8 Å². The summed E-state index contributed by atoms with van der Waals surface area (Å²) in [5.74, 6) is -0.160. The minimum absolute atomic E-state index is 0.102. The summed E-state index contributed by atoms with van der Waals surface area (Å²) in [6.45, 7) is 0.319. The Labute approximate surface area is 214 Å². The van der Waals surface area contributed by atoms with Crippen molar-refractivity contribution in [3.63, 3.8) is 0 Å². The number of non-ortho nitro benzene ring substituents is 1. The van der Waals surface area contributed by atoms with Crippen LogP contribution in [0.25, 0.3) is 6.08 Å². The molecule has 0 spiro atoms. The molecule has 1 saturated heterocycles. The number of nitrogens with zero attached hydrogens (tertiary/aromatic N) is 3. The Morgan fingerprint density at radius 3 is 2.42 bits per heavy atom. The second kappa shape index (κ2) is 10.5. The molecule has 3 aromatic rings. The number of carbonyl (C=O) groups is 1. The molecule has 1 amide bonds. The molecule has 1 aliphatic heterocycles. The number of methoxy groups -OCH3 is 1. The van der Waals surface area contributed by atoms with Gasteiger partial charge < -0.3 is 9.47 Å². The highest BCUT2D eigenvalue weighted by molar-refractivity contribution is 8.26. The summed E-state index contributed by atoms with van der Waals surface area (Å²) in [6.07, 6.45) is 1.57. The molecule has 36 heavy (non-hydrogen) atoms. The number of benzene rings is 3. The second-order valence-corrected chi connectivity index (χ2v) is 9.08. The number of para-hydroxylation sites is 1. The van der Waals surface area contributed by atoms with Crippen molar-refractivity contribution in [2.75, 3.05) is 7.11 Å². The fraction of sp³-hybridized carbons (Fsp3) is 0.0833. The smallest absolute Gasteiger partial charge is 0.318 e. The number of hydrogen-bond donors (Lipinski definition) is 0. The molecule has 0 N–H and O–H groups in total. The third-order valence-corrected chi connectivity index (χ3v) is 6.51. The Hall–Kier alpha value is -4.29. The molecule has 0 unspecified atom stereocenters. The van der Waals surface area contributed by atoms with Crippen molar-refractivity contribution in [2.45, 2.75) is 6.54 Å². The molecule has 0 saturated carbocycles. The van der Waals surface area contributed by atoms with E-state index in [2.05, 4.69) is 0 Å². The van der Waals surface area contributed by atoms with Crippen LogP contribution in [-0.4, -0.2) is 32.1 Å². The largest absolute Gasteiger partial charge is 0.493 e. The van der Waals surface area contributed by atoms with Gasteiger partial charge in [-0.25, -0.2) is 0 Å². The van der Waals surface area contributed by atoms with Crippen LogP contribution in [0.5, 0.6) is 17.2 Å². The van der Waals surface area contributed by atoms with Gasteiger partial charge in [-0.3, -0.25) is 29.9 Å². The van der Waals surface area contributed by atoms with Crippen LogP contribution in [-0.2, 0) is 11.3 Å². The number of hydrogen-bond acceptors (Lipinski definition) is 9. The van der Waals surface area contributed by atoms with E-state index in [1.165, 1.54) is 12.0 Å². The summed E-state index contributed by atoms with van der Waals surface area (Å²) in [4.78, 5) is 36.1. The van der Waals surface area contributed by atoms with E-state index in [1.807, 2.05) is 30.3 Å². The first-order chi connectivity index (χ1) is 17.3. The number of thiocarbonyl (C=S) groups is 1. The van der Waals surface area contributed by atoms with E-state index in [0.29, 0.717) is 21.3 Å². The number of nitro benzene ring substituents is 2. The normalized spacial score (nSPS) is 14.2. The lowest BCUT2D eigenvalue weighted by Crippen LogP contribution is -2.27. The molecule has 1 aliphatic rings. The van der Waals surface area contributed by atoms with Crippen LogP contribution < -0.4 is 9.47 Å². The molecule has 12 heteroatoms. The van der Waals surface area contributed by atoms with Gasteiger partial charge in [-0.2, -0.15) is 0 Å². The van der Waals surface area contributed by atoms with Gasteiger partial charge in [0.2, 0.25) is 5.75 Å². The van der Waals surface area contributed by atoms with Crippen LogP contribution in [0.1, 0.15) is 11.1 Å². The van der Waals surface area contributed by atoms with Gasteiger partial charge in [-0.1, -0.05) is 66.4 Å². The minimum atomic E-state index is -0.772. The van der Waals surface area contributed by atoms with Gasteiger partial charge in [0.15, 0.2) is 11.5 Å². The van der Waals surface area contributed by atoms with Crippen molar-refractivity contribution in [3.8, 4) is 17.2 Å². The number of ether oxygens (including phenoxy) is 2. The zero-order valence-electron chi connectivity index (χ0n) is 18.7. The Bertz CT molecular complexity index is 1410. The Morgan fingerprint density at radius 2 is 1.75 bits per heavy atom. The second-order valence-electron chi connectivity index (χ2n) is 7.40. The zero-order chi connectivity index (χ0) is 25.8. The maximum atomic E-state index is 13.1. The predicted octanol–water partition coefficient (Wildman–Crippen LogP) is 5.71. The first-order valence-electron chi connectivity index (χ1n) is 10.4. The Morgan fingerprint density at radius 1 is 1.00 bits per heavy atom. The number of rotatable bonds is 8. The van der Waals surface area contributed by atoms with Crippen molar-refractivity contribution in [1.29, 1.82) is 0 Å². The molecule has 3 aromatic carbocycles. The zero-order valence-corrected chi connectivity index (χ0v) is 20.3. The maximum Gasteiger partial charge on any atom is 0.318 e. The SMILES string of the molecule is COc1cccc(/C=C2\SC(=S)N(Cc3ccccc3)C2=O)c1Oc1ccc([N+](=O)[O-])cc1[N+](=O)[O-]. The molecule has 182 valence electrons. The Kier molecular flexibility index (Phi) is 7.27. The minimum Gasteiger partial charge on any atom is -0.493 e. The highest BCUT2D eigenvalue weighted by atomic mass is 32.2. The third-order valence-electron chi connectivity index (χ3n) is 5.14. The molecule has 0 bridgehead atoms. The van der Waals surface area contributed by atoms with Gasteiger partial charge in [0.25, 0.3) is 11.6 Å². The lowest BCUT2D eigenvalue weighted by Gasteiger charge is -2.14. The summed E-state index contributed by atoms with van der Waals surface area (Å²) < 4.78 is 11.6. The quantitative estimate of drug-likeness (QED) is 0.158. The van der Waals surface area contributed by atoms with E-state index in [-0.39, 0.29) is 23.2 Å². The van der Waals surface area contributed by atoms with Crippen molar-refractivity contribution < 1.29 is 24.1 Å². The monoisotopic (exact) mass is 523 g/mol. The van der Waals surface area contributed by atoms with E-state index < -0.39 is 21.2 Å². The van der Waals surface area contributed by atoms with Gasteiger partial charge >= 0.3 is 5.69 Å². The van der Waals surface area contributed by atoms with Crippen molar-refractivity contribution in [2.24, 2.45) is 0 Å². The van der Waals surface area contributed by atoms with Crippen molar-refractivity contribution in [1.82, 2.24) is 4.90 Å². The van der Waals surface area contributed by atoms with Gasteiger partial charge in [-0.15, -0.1) is 0 Å². The lowest BCUT2D eigenvalue weighted by molar-refractivity contribution is -0.394. The molecule has 0 atom stereocenters. The van der Waals surface area contributed by atoms with Crippen LogP contribution in [0.3, 0.4) is 0 Å². The highest BCUT2D eigenvalue weighted by Crippen LogP contribution is 2.42. The molecular weight excluding hydrogens is 506 g/mol. The van der Waals surface area contributed by atoms with Crippen LogP contribution in [0, 0.1) is 20.2 Å². The molecule has 0 aliphatic carbocycles. The fourth-order valence-corrected chi connectivity index (χ4v) is 4.66. The molecule has 0 radical (unpaired) electrons. The first-order valence-corrected chi connectivity index (χ1v) is 11.6. The average molecular weight is 524 g/mol. The predicted molar refractivity (Wildman–Crippen MR) is 138 cm³/mol. The number of amides is 1. The maximum absolute atomic E-state index is 13.1. The molecule has 1 heterocycles. The van der Waals surface area contributed by atoms with E-state index in [0.717, 1.165) is 35.5 Å². The van der Waals surface area contributed by atoms with Crippen LogP contribution in [0.2, 0.25) is 0 Å². The fourth-order valence-electron chi connectivity index (χ4n) is 3.42. The molecule has 1 fully saturated rings. The number of nitro groups is 2. The molecule has 0 aromatic heterocycles. The van der Waals surface area contributed by atoms with Gasteiger partial charge in [0.1, 0.15) is 4.32 Å². The van der Waals surface area contributed by atoms with E-state index in [9.17, 15) is 25.0 Å². The highest BCUT2D eigenvalue weighted by Gasteiger charge is 2.32. The average Bonchev–Trinajstić information content (AvgIpc) is 3.12. The summed E-state index contributed by atoms with van der Waals surface area (Å²) in [5, 5.41) is 22.6. The van der Waals surface area contributed by atoms with Crippen molar-refractivity contribution in [3.05, 3.63) is 103 Å². The first kappa shape index (κ1) is 24.8. The van der Waals surface area contributed by atoms with Crippen LogP contribution >= 0.6 is 24.0 Å². The molecular formula is C24H17N3O7S2. The standard InChI is InChI=1S/C24H17N3O7S2/c1-33-20-9-5-8-16(22(20)34-19-11-10-17(26(29)30)13-18(19)27(31)32)12-21-23(28)25(24(35)36-21)14-15-6-3-2-4-7-15/h2-13H,14H2,1H3/b21-12-. The van der Waals surface area contributed by atoms with Gasteiger partial charge in [0, 0.05) is 11.6 Å². The van der Waals surface area contributed by atoms with Crippen molar-refractivity contribution >= 4 is 51.7 Å². The van der Waals surface area contributed by atoms with Crippen LogP contribution in [0.4, 0.5) is 11.4 Å². The third kappa shape index (κ3) is 5.19. The lowest BCUT2D eigenvalue weighted by atomic mass is 10.1. The Balaban J connectivity index is 1.70. The number of carbonyl (C=O) groups excluding carboxylic acids is 1. The topological polar surface area (TPSA) is 125 Å². The molecule has 4 rings (SSSR count). The van der Waals surface area contributed by atoms with E-state index >= 15 is 0 Å². The summed E-state index contributed by atoms with van der Waals surface area (Å²) >= 11 is 6.54. The summed E-state index contributed by atoms with van der Waals surface area (Å²) in [6, 6.07) is 17.4. The van der Waals surface area contributed by atoms with Gasteiger partial charge in [0.05, 0.1) is 34.5 Å². The van der Waals surface area contributed by atoms with E-state index in [4.69, 9.17) is 21.7 Å². The summed E-state index contributed by atoms with van der Waals surface area (Å²) in [7, 11) is 1.40. The summed E-state index contributed by atoms with van der Waals surface area (Å²) in [5.41, 5.74) is 0.291. The number of thioether (sulfide) groups is 1. The van der Waals surface area contributed by atoms with E-state index in [1.54, 1.807) is 24.3 Å². The molecule has 10 nitrogen and oxygen atoms in total. The van der Waals surface area contributed by atoms with Crippen LogP contribution in [0.15, 0.2) is 71.6 Å².